The Morgan fingerprint density at radius 2 is 2.07 bits per heavy atom. The van der Waals surface area contributed by atoms with E-state index < -0.39 is 0 Å². The third-order valence-electron chi connectivity index (χ3n) is 4.65. The maximum atomic E-state index is 12.6. The number of rotatable bonds is 5. The van der Waals surface area contributed by atoms with E-state index in [0.717, 1.165) is 35.2 Å². The number of aromatic nitrogens is 2. The maximum absolute atomic E-state index is 12.6. The summed E-state index contributed by atoms with van der Waals surface area (Å²) >= 11 is 1.36. The molecule has 1 aliphatic heterocycles. The molecule has 0 unspecified atom stereocenters. The average molecular weight is 382 g/mol. The van der Waals surface area contributed by atoms with Gasteiger partial charge in [0.2, 0.25) is 0 Å². The number of carbonyl (C=O) groups is 1. The second kappa shape index (κ2) is 7.52. The van der Waals surface area contributed by atoms with Crippen molar-refractivity contribution in [2.75, 3.05) is 18.0 Å². The van der Waals surface area contributed by atoms with E-state index in [1.165, 1.54) is 24.2 Å². The molecule has 0 aromatic carbocycles. The van der Waals surface area contributed by atoms with Crippen LogP contribution in [-0.2, 0) is 6.54 Å². The van der Waals surface area contributed by atoms with Crippen molar-refractivity contribution in [3.05, 3.63) is 52.4 Å². The number of nitrogens with zero attached hydrogens (tertiary/aromatic N) is 3. The molecule has 4 rings (SSSR count). The number of thiazole rings is 1. The van der Waals surface area contributed by atoms with E-state index in [0.29, 0.717) is 22.9 Å². The third-order valence-corrected chi connectivity index (χ3v) is 5.82. The van der Waals surface area contributed by atoms with Crippen molar-refractivity contribution < 1.29 is 9.21 Å². The Balaban J connectivity index is 1.44. The Kier molecular flexibility index (Phi) is 4.94. The van der Waals surface area contributed by atoms with Gasteiger partial charge in [0.25, 0.3) is 5.91 Å². The normalized spacial score (nSPS) is 13.9. The lowest BCUT2D eigenvalue weighted by molar-refractivity contribution is 0.0954. The number of nitrogens with one attached hydrogen (secondary N) is 1. The van der Waals surface area contributed by atoms with Gasteiger partial charge in [-0.15, -0.1) is 11.3 Å². The van der Waals surface area contributed by atoms with E-state index in [1.54, 1.807) is 0 Å². The Bertz CT molecular complexity index is 957. The highest BCUT2D eigenvalue weighted by molar-refractivity contribution is 7.17. The molecule has 1 N–H and O–H groups in total. The van der Waals surface area contributed by atoms with Crippen LogP contribution in [0.1, 0.15) is 39.5 Å². The highest BCUT2D eigenvalue weighted by atomic mass is 32.1. The topological polar surface area (TPSA) is 71.3 Å². The summed E-state index contributed by atoms with van der Waals surface area (Å²) in [7, 11) is 0. The molecule has 3 aromatic rings. The average Bonchev–Trinajstić information content (AvgIpc) is 3.41. The first kappa shape index (κ1) is 17.7. The fourth-order valence-corrected chi connectivity index (χ4v) is 4.16. The fraction of sp³-hybridized carbons (Fsp3) is 0.350. The number of hydrogen-bond acceptors (Lipinski definition) is 6. The SMILES string of the molecule is Cc1ccc(-c2nc(C)c(C(=O)NCc3ccnc(N4CCCC4)c3)s2)o1. The summed E-state index contributed by atoms with van der Waals surface area (Å²) in [6, 6.07) is 7.78. The number of amides is 1. The molecule has 1 saturated heterocycles. The summed E-state index contributed by atoms with van der Waals surface area (Å²) in [4.78, 5) is 24.5. The molecular weight excluding hydrogens is 360 g/mol. The van der Waals surface area contributed by atoms with Crippen LogP contribution in [0.15, 0.2) is 34.9 Å². The predicted octanol–water partition coefficient (Wildman–Crippen LogP) is 3.95. The number of aryl methyl sites for hydroxylation is 2. The molecule has 0 saturated carbocycles. The van der Waals surface area contributed by atoms with Crippen LogP contribution in [0.2, 0.25) is 0 Å². The summed E-state index contributed by atoms with van der Waals surface area (Å²) in [5.41, 5.74) is 1.76. The van der Waals surface area contributed by atoms with Crippen molar-refractivity contribution in [1.29, 1.82) is 0 Å². The summed E-state index contributed by atoms with van der Waals surface area (Å²) in [5.74, 6) is 2.40. The minimum Gasteiger partial charge on any atom is -0.459 e. The highest BCUT2D eigenvalue weighted by Gasteiger charge is 2.18. The van der Waals surface area contributed by atoms with Gasteiger partial charge in [-0.2, -0.15) is 0 Å². The molecule has 6 nitrogen and oxygen atoms in total. The maximum Gasteiger partial charge on any atom is 0.263 e. The van der Waals surface area contributed by atoms with E-state index in [1.807, 2.05) is 38.2 Å². The first-order chi connectivity index (χ1) is 13.1. The first-order valence-corrected chi connectivity index (χ1v) is 9.94. The molecule has 0 spiro atoms. The van der Waals surface area contributed by atoms with Crippen molar-refractivity contribution in [2.24, 2.45) is 0 Å². The van der Waals surface area contributed by atoms with Crippen molar-refractivity contribution in [3.8, 4) is 10.8 Å². The van der Waals surface area contributed by atoms with E-state index in [4.69, 9.17) is 4.42 Å². The molecule has 1 amide bonds. The zero-order valence-electron chi connectivity index (χ0n) is 15.5. The molecular formula is C20H22N4O2S. The van der Waals surface area contributed by atoms with Crippen molar-refractivity contribution in [3.63, 3.8) is 0 Å². The van der Waals surface area contributed by atoms with Gasteiger partial charge in [0.1, 0.15) is 16.5 Å². The molecule has 0 radical (unpaired) electrons. The Labute approximate surface area is 162 Å². The van der Waals surface area contributed by atoms with Crippen LogP contribution in [0.5, 0.6) is 0 Å². The predicted molar refractivity (Wildman–Crippen MR) is 106 cm³/mol. The summed E-state index contributed by atoms with van der Waals surface area (Å²) in [5, 5.41) is 3.73. The van der Waals surface area contributed by atoms with Gasteiger partial charge in [-0.1, -0.05) is 0 Å². The Morgan fingerprint density at radius 3 is 2.81 bits per heavy atom. The van der Waals surface area contributed by atoms with Crippen LogP contribution in [0.25, 0.3) is 10.8 Å². The standard InChI is InChI=1S/C20H22N4O2S/c1-13-5-6-16(26-13)20-23-14(2)18(27-20)19(25)22-12-15-7-8-21-17(11-15)24-9-3-4-10-24/h5-8,11H,3-4,9-10,12H2,1-2H3,(H,22,25). The van der Waals surface area contributed by atoms with Crippen LogP contribution in [0, 0.1) is 13.8 Å². The second-order valence-corrected chi connectivity index (χ2v) is 7.74. The quantitative estimate of drug-likeness (QED) is 0.724. The monoisotopic (exact) mass is 382 g/mol. The molecule has 140 valence electrons. The molecule has 7 heteroatoms. The lowest BCUT2D eigenvalue weighted by Crippen LogP contribution is -2.23. The molecule has 1 aliphatic rings. The number of anilines is 1. The first-order valence-electron chi connectivity index (χ1n) is 9.12. The van der Waals surface area contributed by atoms with Gasteiger partial charge in [0.15, 0.2) is 10.8 Å². The lowest BCUT2D eigenvalue weighted by atomic mass is 10.2. The molecule has 0 aliphatic carbocycles. The Morgan fingerprint density at radius 1 is 1.26 bits per heavy atom. The van der Waals surface area contributed by atoms with Gasteiger partial charge < -0.3 is 14.6 Å². The number of carbonyl (C=O) groups excluding carboxylic acids is 1. The smallest absolute Gasteiger partial charge is 0.263 e. The van der Waals surface area contributed by atoms with Gasteiger partial charge >= 0.3 is 0 Å². The number of pyridine rings is 1. The fourth-order valence-electron chi connectivity index (χ4n) is 3.21. The Hall–Kier alpha value is -2.67. The molecule has 3 aromatic heterocycles. The van der Waals surface area contributed by atoms with Crippen molar-refractivity contribution in [1.82, 2.24) is 15.3 Å². The van der Waals surface area contributed by atoms with Crippen molar-refractivity contribution >= 4 is 23.1 Å². The lowest BCUT2D eigenvalue weighted by Gasteiger charge is -2.16. The van der Waals surface area contributed by atoms with Gasteiger partial charge in [-0.25, -0.2) is 9.97 Å². The van der Waals surface area contributed by atoms with Crippen LogP contribution in [-0.4, -0.2) is 29.0 Å². The van der Waals surface area contributed by atoms with Gasteiger partial charge in [-0.05, 0) is 56.5 Å². The van der Waals surface area contributed by atoms with Crippen LogP contribution in [0.3, 0.4) is 0 Å². The molecule has 1 fully saturated rings. The zero-order valence-corrected chi connectivity index (χ0v) is 16.3. The van der Waals surface area contributed by atoms with Gasteiger partial charge in [0.05, 0.1) is 5.69 Å². The molecule has 0 atom stereocenters. The van der Waals surface area contributed by atoms with Crippen LogP contribution in [0.4, 0.5) is 5.82 Å². The van der Waals surface area contributed by atoms with Crippen LogP contribution >= 0.6 is 11.3 Å². The number of hydrogen-bond donors (Lipinski definition) is 1. The van der Waals surface area contributed by atoms with Crippen LogP contribution < -0.4 is 10.2 Å². The molecule has 4 heterocycles. The summed E-state index contributed by atoms with van der Waals surface area (Å²) < 4.78 is 5.61. The largest absolute Gasteiger partial charge is 0.459 e. The molecule has 27 heavy (non-hydrogen) atoms. The second-order valence-electron chi connectivity index (χ2n) is 6.74. The zero-order chi connectivity index (χ0) is 18.8. The van der Waals surface area contributed by atoms with E-state index >= 15 is 0 Å². The summed E-state index contributed by atoms with van der Waals surface area (Å²) in [6.45, 7) is 6.32. The van der Waals surface area contributed by atoms with E-state index in [2.05, 4.69) is 26.3 Å². The summed E-state index contributed by atoms with van der Waals surface area (Å²) in [6.07, 6.45) is 4.24. The number of furan rings is 1. The minimum atomic E-state index is -0.112. The molecule has 0 bridgehead atoms. The van der Waals surface area contributed by atoms with E-state index in [-0.39, 0.29) is 5.91 Å². The van der Waals surface area contributed by atoms with Gasteiger partial charge in [0, 0.05) is 25.8 Å². The highest BCUT2D eigenvalue weighted by Crippen LogP contribution is 2.29. The van der Waals surface area contributed by atoms with Gasteiger partial charge in [-0.3, -0.25) is 4.79 Å². The minimum absolute atomic E-state index is 0.112. The van der Waals surface area contributed by atoms with E-state index in [9.17, 15) is 4.79 Å². The third kappa shape index (κ3) is 3.88. The van der Waals surface area contributed by atoms with Crippen molar-refractivity contribution in [2.45, 2.75) is 33.2 Å².